The number of aryl methyl sites for hydroxylation is 1. The Balaban J connectivity index is 1.47. The SMILES string of the molecule is CCOC(=O)NC(=O)c1c(NC(=O)C2CCN(S(=O)(=O)c3cccs3)CC2)sc2c1CCCCC2. The van der Waals surface area contributed by atoms with Crippen molar-refractivity contribution < 1.29 is 27.5 Å². The van der Waals surface area contributed by atoms with Crippen LogP contribution in [0.1, 0.15) is 59.8 Å². The van der Waals surface area contributed by atoms with Gasteiger partial charge in [0.25, 0.3) is 15.9 Å². The van der Waals surface area contributed by atoms with Crippen molar-refractivity contribution in [2.45, 2.75) is 56.1 Å². The standard InChI is InChI=1S/C23H29N3O6S3/c1-2-32-23(29)25-21(28)19-16-7-4-3-5-8-17(16)34-22(19)24-20(27)15-10-12-26(13-11-15)35(30,31)18-9-6-14-33-18/h6,9,14-15H,2-5,7-8,10-13H2,1H3,(H,24,27)(H,25,28,29). The van der Waals surface area contributed by atoms with Gasteiger partial charge in [0.1, 0.15) is 9.21 Å². The molecule has 4 rings (SSSR count). The van der Waals surface area contributed by atoms with Gasteiger partial charge in [-0.15, -0.1) is 22.7 Å². The largest absolute Gasteiger partial charge is 0.450 e. The van der Waals surface area contributed by atoms with Crippen molar-refractivity contribution in [2.75, 3.05) is 25.0 Å². The number of imide groups is 1. The number of hydrogen-bond donors (Lipinski definition) is 2. The Bertz CT molecular complexity index is 1180. The van der Waals surface area contributed by atoms with Crippen LogP contribution in [0.5, 0.6) is 0 Å². The highest BCUT2D eigenvalue weighted by Gasteiger charge is 2.34. The monoisotopic (exact) mass is 539 g/mol. The molecule has 1 aliphatic heterocycles. The third kappa shape index (κ3) is 5.76. The lowest BCUT2D eigenvalue weighted by Gasteiger charge is -2.30. The van der Waals surface area contributed by atoms with E-state index >= 15 is 0 Å². The molecule has 0 unspecified atom stereocenters. The van der Waals surface area contributed by atoms with Gasteiger partial charge in [0.2, 0.25) is 5.91 Å². The minimum atomic E-state index is -3.54. The molecule has 0 bridgehead atoms. The fourth-order valence-corrected chi connectivity index (χ4v) is 8.41. The van der Waals surface area contributed by atoms with Crippen LogP contribution in [0.2, 0.25) is 0 Å². The maximum atomic E-state index is 13.1. The summed E-state index contributed by atoms with van der Waals surface area (Å²) in [5, 5.41) is 7.36. The summed E-state index contributed by atoms with van der Waals surface area (Å²) < 4.78 is 32.1. The minimum absolute atomic E-state index is 0.144. The van der Waals surface area contributed by atoms with E-state index in [9.17, 15) is 22.8 Å². The van der Waals surface area contributed by atoms with E-state index in [4.69, 9.17) is 4.74 Å². The zero-order chi connectivity index (χ0) is 25.0. The summed E-state index contributed by atoms with van der Waals surface area (Å²) in [6.07, 6.45) is 4.53. The molecule has 9 nitrogen and oxygen atoms in total. The first-order chi connectivity index (χ1) is 16.8. The maximum absolute atomic E-state index is 13.1. The number of nitrogens with zero attached hydrogens (tertiary/aromatic N) is 1. The zero-order valence-electron chi connectivity index (χ0n) is 19.5. The number of rotatable bonds is 6. The van der Waals surface area contributed by atoms with E-state index in [2.05, 4.69) is 10.6 Å². The number of amides is 3. The summed E-state index contributed by atoms with van der Waals surface area (Å²) in [6.45, 7) is 2.32. The molecule has 0 spiro atoms. The summed E-state index contributed by atoms with van der Waals surface area (Å²) in [5.74, 6) is -1.18. The summed E-state index contributed by atoms with van der Waals surface area (Å²) >= 11 is 2.57. The van der Waals surface area contributed by atoms with Gasteiger partial charge in [-0.05, 0) is 62.5 Å². The predicted octanol–water partition coefficient (Wildman–Crippen LogP) is 4.00. The second-order valence-corrected chi connectivity index (χ2v) is 12.8. The Morgan fingerprint density at radius 2 is 1.89 bits per heavy atom. The molecular formula is C23H29N3O6S3. The number of nitrogens with one attached hydrogen (secondary N) is 2. The van der Waals surface area contributed by atoms with E-state index < -0.39 is 22.0 Å². The number of fused-ring (bicyclic) bond motifs is 1. The molecule has 2 aliphatic rings. The van der Waals surface area contributed by atoms with Gasteiger partial charge in [-0.2, -0.15) is 4.31 Å². The van der Waals surface area contributed by atoms with Gasteiger partial charge < -0.3 is 10.1 Å². The van der Waals surface area contributed by atoms with Crippen LogP contribution in [0.4, 0.5) is 9.80 Å². The number of alkyl carbamates (subject to hydrolysis) is 1. The smallest absolute Gasteiger partial charge is 0.414 e. The molecule has 0 aromatic carbocycles. The lowest BCUT2D eigenvalue weighted by Crippen LogP contribution is -2.41. The van der Waals surface area contributed by atoms with Crippen molar-refractivity contribution in [3.05, 3.63) is 33.5 Å². The summed E-state index contributed by atoms with van der Waals surface area (Å²) in [4.78, 5) is 39.1. The topological polar surface area (TPSA) is 122 Å². The molecule has 1 aliphatic carbocycles. The van der Waals surface area contributed by atoms with Gasteiger partial charge in [-0.25, -0.2) is 13.2 Å². The van der Waals surface area contributed by atoms with Crippen molar-refractivity contribution in [1.82, 2.24) is 9.62 Å². The summed E-state index contributed by atoms with van der Waals surface area (Å²) in [6, 6.07) is 3.29. The van der Waals surface area contributed by atoms with Gasteiger partial charge in [0, 0.05) is 23.9 Å². The number of piperidine rings is 1. The molecule has 2 aromatic heterocycles. The third-order valence-corrected chi connectivity index (χ3v) is 10.8. The molecule has 190 valence electrons. The number of anilines is 1. The van der Waals surface area contributed by atoms with Crippen LogP contribution < -0.4 is 10.6 Å². The summed E-state index contributed by atoms with van der Waals surface area (Å²) in [5.41, 5.74) is 1.23. The minimum Gasteiger partial charge on any atom is -0.450 e. The van der Waals surface area contributed by atoms with E-state index in [1.807, 2.05) is 0 Å². The summed E-state index contributed by atoms with van der Waals surface area (Å²) in [7, 11) is -3.54. The second-order valence-electron chi connectivity index (χ2n) is 8.54. The first-order valence-corrected chi connectivity index (χ1v) is 14.9. The molecule has 3 amide bonds. The van der Waals surface area contributed by atoms with Crippen molar-refractivity contribution in [2.24, 2.45) is 5.92 Å². The highest BCUT2D eigenvalue weighted by atomic mass is 32.2. The molecular weight excluding hydrogens is 510 g/mol. The van der Waals surface area contributed by atoms with E-state index in [1.165, 1.54) is 27.0 Å². The van der Waals surface area contributed by atoms with Crippen molar-refractivity contribution in [1.29, 1.82) is 0 Å². The van der Waals surface area contributed by atoms with Crippen molar-refractivity contribution >= 4 is 55.6 Å². The number of ether oxygens (including phenoxy) is 1. The molecule has 2 N–H and O–H groups in total. The first-order valence-electron chi connectivity index (χ1n) is 11.8. The van der Waals surface area contributed by atoms with E-state index in [0.29, 0.717) is 34.0 Å². The molecule has 1 saturated heterocycles. The van der Waals surface area contributed by atoms with Crippen molar-refractivity contribution in [3.8, 4) is 0 Å². The van der Waals surface area contributed by atoms with Gasteiger partial charge in [0.15, 0.2) is 0 Å². The molecule has 35 heavy (non-hydrogen) atoms. The van der Waals surface area contributed by atoms with Crippen molar-refractivity contribution in [3.63, 3.8) is 0 Å². The fourth-order valence-electron chi connectivity index (χ4n) is 4.50. The molecule has 0 atom stereocenters. The average molecular weight is 540 g/mol. The molecule has 2 aromatic rings. The fraction of sp³-hybridized carbons (Fsp3) is 0.522. The van der Waals surface area contributed by atoms with E-state index in [0.717, 1.165) is 36.1 Å². The lowest BCUT2D eigenvalue weighted by atomic mass is 9.97. The quantitative estimate of drug-likeness (QED) is 0.535. The number of carbonyl (C=O) groups is 3. The number of hydrogen-bond acceptors (Lipinski definition) is 8. The third-order valence-electron chi connectivity index (χ3n) is 6.29. The van der Waals surface area contributed by atoms with Gasteiger partial charge in [0.05, 0.1) is 12.2 Å². The molecule has 0 saturated carbocycles. The first kappa shape index (κ1) is 25.8. The Labute approximate surface area is 212 Å². The molecule has 3 heterocycles. The van der Waals surface area contributed by atoms with Crippen LogP contribution in [0, 0.1) is 5.92 Å². The van der Waals surface area contributed by atoms with Crippen LogP contribution in [-0.4, -0.2) is 50.3 Å². The van der Waals surface area contributed by atoms with Crippen LogP contribution in [0.15, 0.2) is 21.7 Å². The average Bonchev–Trinajstić information content (AvgIpc) is 3.43. The number of thiophene rings is 2. The zero-order valence-corrected chi connectivity index (χ0v) is 22.0. The Hall–Kier alpha value is -2.28. The van der Waals surface area contributed by atoms with Crippen LogP contribution >= 0.6 is 22.7 Å². The van der Waals surface area contributed by atoms with Gasteiger partial charge in [-0.3, -0.25) is 14.9 Å². The van der Waals surface area contributed by atoms with Crippen LogP contribution in [-0.2, 0) is 32.4 Å². The Kier molecular flexibility index (Phi) is 8.25. The number of sulfonamides is 1. The van der Waals surface area contributed by atoms with Crippen LogP contribution in [0.25, 0.3) is 0 Å². The molecule has 12 heteroatoms. The normalized spacial score (nSPS) is 17.3. The highest BCUT2D eigenvalue weighted by molar-refractivity contribution is 7.91. The molecule has 1 fully saturated rings. The van der Waals surface area contributed by atoms with E-state index in [1.54, 1.807) is 24.4 Å². The number of carbonyl (C=O) groups excluding carboxylic acids is 3. The highest BCUT2D eigenvalue weighted by Crippen LogP contribution is 2.38. The maximum Gasteiger partial charge on any atom is 0.414 e. The van der Waals surface area contributed by atoms with E-state index in [-0.39, 0.29) is 31.5 Å². The van der Waals surface area contributed by atoms with Gasteiger partial charge >= 0.3 is 6.09 Å². The predicted molar refractivity (Wildman–Crippen MR) is 134 cm³/mol. The molecule has 0 radical (unpaired) electrons. The van der Waals surface area contributed by atoms with Gasteiger partial charge in [-0.1, -0.05) is 12.5 Å². The second kappa shape index (κ2) is 11.2. The Morgan fingerprint density at radius 3 is 2.57 bits per heavy atom. The lowest BCUT2D eigenvalue weighted by molar-refractivity contribution is -0.120. The van der Waals surface area contributed by atoms with Crippen LogP contribution in [0.3, 0.4) is 0 Å². The Morgan fingerprint density at radius 1 is 1.14 bits per heavy atom.